The van der Waals surface area contributed by atoms with Gasteiger partial charge in [0, 0.05) is 11.3 Å². The van der Waals surface area contributed by atoms with Crippen molar-refractivity contribution in [2.24, 2.45) is 0 Å². The van der Waals surface area contributed by atoms with Crippen LogP contribution in [0.3, 0.4) is 0 Å². The molecule has 0 bridgehead atoms. The van der Waals surface area contributed by atoms with E-state index in [9.17, 15) is 4.79 Å². The minimum absolute atomic E-state index is 0.0668. The van der Waals surface area contributed by atoms with Crippen molar-refractivity contribution in [1.29, 1.82) is 0 Å². The molecule has 0 spiro atoms. The number of benzene rings is 2. The summed E-state index contributed by atoms with van der Waals surface area (Å²) in [4.78, 5) is 16.9. The number of carbonyl (C=O) groups excluding carboxylic acids is 1. The summed E-state index contributed by atoms with van der Waals surface area (Å²) in [6.45, 7) is 6.09. The molecule has 1 amide bonds. The molecule has 0 unspecified atom stereocenters. The van der Waals surface area contributed by atoms with E-state index in [-0.39, 0.29) is 11.2 Å². The van der Waals surface area contributed by atoms with Crippen LogP contribution < -0.4 is 5.32 Å². The van der Waals surface area contributed by atoms with Gasteiger partial charge in [0.05, 0.1) is 5.25 Å². The molecule has 140 valence electrons. The summed E-state index contributed by atoms with van der Waals surface area (Å²) in [5.41, 5.74) is 4.32. The van der Waals surface area contributed by atoms with Crippen molar-refractivity contribution in [3.05, 3.63) is 59.7 Å². The average Bonchev–Trinajstić information content (AvgIpc) is 3.17. The molecule has 1 heterocycles. The summed E-state index contributed by atoms with van der Waals surface area (Å²) in [6, 6.07) is 16.2. The zero-order valence-electron chi connectivity index (χ0n) is 15.8. The normalized spacial score (nSPS) is 12.0. The lowest BCUT2D eigenvalue weighted by atomic mass is 10.1. The topological polar surface area (TPSA) is 70.7 Å². The van der Waals surface area contributed by atoms with E-state index in [2.05, 4.69) is 46.5 Å². The van der Waals surface area contributed by atoms with Gasteiger partial charge >= 0.3 is 0 Å². The van der Waals surface area contributed by atoms with Gasteiger partial charge in [0.25, 0.3) is 0 Å². The van der Waals surface area contributed by atoms with Crippen LogP contribution in [0.1, 0.15) is 31.9 Å². The Morgan fingerprint density at radius 3 is 2.22 bits per heavy atom. The molecule has 3 aromatic rings. The molecule has 1 aromatic heterocycles. The Balaban J connectivity index is 1.60. The predicted octanol–water partition coefficient (Wildman–Crippen LogP) is 4.72. The first-order valence-electron chi connectivity index (χ1n) is 9.17. The van der Waals surface area contributed by atoms with Crippen molar-refractivity contribution in [3.8, 4) is 11.4 Å². The summed E-state index contributed by atoms with van der Waals surface area (Å²) in [7, 11) is 0. The Labute approximate surface area is 164 Å². The fourth-order valence-electron chi connectivity index (χ4n) is 2.61. The van der Waals surface area contributed by atoms with Crippen LogP contribution in [-0.2, 0) is 17.6 Å². The summed E-state index contributed by atoms with van der Waals surface area (Å²) in [5.74, 6) is 0.644. The lowest BCUT2D eigenvalue weighted by Crippen LogP contribution is -2.22. The van der Waals surface area contributed by atoms with Crippen molar-refractivity contribution in [2.45, 2.75) is 44.0 Å². The Morgan fingerprint density at radius 1 is 1.04 bits per heavy atom. The molecule has 2 N–H and O–H groups in total. The second-order valence-corrected chi connectivity index (χ2v) is 7.62. The number of aryl methyl sites for hydroxylation is 2. The van der Waals surface area contributed by atoms with Gasteiger partial charge in [0.15, 0.2) is 5.82 Å². The number of amides is 1. The highest BCUT2D eigenvalue weighted by Crippen LogP contribution is 2.24. The molecule has 5 nitrogen and oxygen atoms in total. The fourth-order valence-corrected chi connectivity index (χ4v) is 3.33. The Hall–Kier alpha value is -2.60. The van der Waals surface area contributed by atoms with Crippen LogP contribution in [0.15, 0.2) is 53.7 Å². The van der Waals surface area contributed by atoms with E-state index >= 15 is 0 Å². The van der Waals surface area contributed by atoms with Crippen LogP contribution in [0.2, 0.25) is 0 Å². The third-order valence-electron chi connectivity index (χ3n) is 4.38. The Morgan fingerprint density at radius 2 is 1.63 bits per heavy atom. The number of hydrogen-bond donors (Lipinski definition) is 2. The molecule has 27 heavy (non-hydrogen) atoms. The van der Waals surface area contributed by atoms with E-state index in [1.54, 1.807) is 0 Å². The minimum atomic E-state index is -0.304. The number of aromatic nitrogens is 3. The number of carbonyl (C=O) groups is 1. The van der Waals surface area contributed by atoms with Crippen LogP contribution in [-0.4, -0.2) is 26.3 Å². The zero-order valence-corrected chi connectivity index (χ0v) is 16.6. The quantitative estimate of drug-likeness (QED) is 0.582. The lowest BCUT2D eigenvalue weighted by molar-refractivity contribution is -0.115. The molecular formula is C21H24N4OS. The molecule has 0 fully saturated rings. The Bertz CT molecular complexity index is 887. The van der Waals surface area contributed by atoms with Gasteiger partial charge in [-0.05, 0) is 43.0 Å². The number of nitrogens with zero attached hydrogens (tertiary/aromatic N) is 2. The van der Waals surface area contributed by atoms with Gasteiger partial charge in [-0.1, -0.05) is 62.0 Å². The van der Waals surface area contributed by atoms with Crippen molar-refractivity contribution >= 4 is 23.4 Å². The highest BCUT2D eigenvalue weighted by molar-refractivity contribution is 8.00. The summed E-state index contributed by atoms with van der Waals surface area (Å²) in [6.07, 6.45) is 1.99. The number of H-pyrrole nitrogens is 1. The molecule has 0 aliphatic carbocycles. The smallest absolute Gasteiger partial charge is 0.237 e. The van der Waals surface area contributed by atoms with E-state index in [1.165, 1.54) is 22.9 Å². The third kappa shape index (κ3) is 4.98. The molecule has 2 aromatic carbocycles. The van der Waals surface area contributed by atoms with Crippen LogP contribution >= 0.6 is 11.8 Å². The highest BCUT2D eigenvalue weighted by atomic mass is 32.2. The zero-order chi connectivity index (χ0) is 19.2. The van der Waals surface area contributed by atoms with E-state index in [0.29, 0.717) is 11.0 Å². The van der Waals surface area contributed by atoms with Crippen molar-refractivity contribution < 1.29 is 4.79 Å². The lowest BCUT2D eigenvalue weighted by Gasteiger charge is -2.10. The van der Waals surface area contributed by atoms with E-state index < -0.39 is 0 Å². The molecule has 0 saturated heterocycles. The first-order valence-corrected chi connectivity index (χ1v) is 10.0. The van der Waals surface area contributed by atoms with Crippen molar-refractivity contribution in [1.82, 2.24) is 15.2 Å². The summed E-state index contributed by atoms with van der Waals surface area (Å²) in [5, 5.41) is 10.4. The first-order chi connectivity index (χ1) is 13.1. The third-order valence-corrected chi connectivity index (χ3v) is 5.34. The second kappa shape index (κ2) is 8.86. The van der Waals surface area contributed by atoms with Gasteiger partial charge in [-0.25, -0.2) is 4.98 Å². The molecule has 6 heteroatoms. The minimum Gasteiger partial charge on any atom is -0.325 e. The second-order valence-electron chi connectivity index (χ2n) is 6.32. The van der Waals surface area contributed by atoms with Gasteiger partial charge in [0.2, 0.25) is 11.1 Å². The SMILES string of the molecule is CCc1ccc(NC(=O)[C@@H](C)Sc2n[nH]c(-c3ccc(CC)cc3)n2)cc1. The number of thioether (sulfide) groups is 1. The summed E-state index contributed by atoms with van der Waals surface area (Å²) < 4.78 is 0. The van der Waals surface area contributed by atoms with Gasteiger partial charge in [-0.3, -0.25) is 9.89 Å². The van der Waals surface area contributed by atoms with Crippen LogP contribution in [0.5, 0.6) is 0 Å². The van der Waals surface area contributed by atoms with Crippen LogP contribution in [0.25, 0.3) is 11.4 Å². The largest absolute Gasteiger partial charge is 0.325 e. The maximum atomic E-state index is 12.4. The van der Waals surface area contributed by atoms with E-state index in [4.69, 9.17) is 0 Å². The first kappa shape index (κ1) is 19.2. The molecule has 0 radical (unpaired) electrons. The number of rotatable bonds is 7. The standard InChI is InChI=1S/C21H24N4OS/c1-4-15-6-10-17(11-7-15)19-23-21(25-24-19)27-14(3)20(26)22-18-12-8-16(5-2)9-13-18/h6-14H,4-5H2,1-3H3,(H,22,26)(H,23,24,25)/t14-/m1/s1. The predicted molar refractivity (Wildman–Crippen MR) is 111 cm³/mol. The van der Waals surface area contributed by atoms with Crippen LogP contribution in [0, 0.1) is 0 Å². The number of hydrogen-bond acceptors (Lipinski definition) is 4. The average molecular weight is 381 g/mol. The Kier molecular flexibility index (Phi) is 6.29. The number of aromatic amines is 1. The molecule has 1 atom stereocenters. The van der Waals surface area contributed by atoms with Crippen LogP contribution in [0.4, 0.5) is 5.69 Å². The summed E-state index contributed by atoms with van der Waals surface area (Å²) >= 11 is 1.34. The molecular weight excluding hydrogens is 356 g/mol. The van der Waals surface area contributed by atoms with Gasteiger partial charge in [-0.15, -0.1) is 5.10 Å². The van der Waals surface area contributed by atoms with Gasteiger partial charge < -0.3 is 5.32 Å². The number of anilines is 1. The molecule has 0 aliphatic rings. The molecule has 0 aliphatic heterocycles. The molecule has 0 saturated carbocycles. The maximum Gasteiger partial charge on any atom is 0.237 e. The van der Waals surface area contributed by atoms with E-state index in [0.717, 1.165) is 24.1 Å². The van der Waals surface area contributed by atoms with Crippen molar-refractivity contribution in [2.75, 3.05) is 5.32 Å². The maximum absolute atomic E-state index is 12.4. The van der Waals surface area contributed by atoms with Gasteiger partial charge in [0.1, 0.15) is 0 Å². The van der Waals surface area contributed by atoms with E-state index in [1.807, 2.05) is 43.3 Å². The number of nitrogens with one attached hydrogen (secondary N) is 2. The molecule has 3 rings (SSSR count). The van der Waals surface area contributed by atoms with Crippen molar-refractivity contribution in [3.63, 3.8) is 0 Å². The monoisotopic (exact) mass is 380 g/mol. The highest BCUT2D eigenvalue weighted by Gasteiger charge is 2.17. The van der Waals surface area contributed by atoms with Gasteiger partial charge in [-0.2, -0.15) is 0 Å². The fraction of sp³-hybridized carbons (Fsp3) is 0.286.